The average Bonchev–Trinajstić information content (AvgIpc) is 2.36. The van der Waals surface area contributed by atoms with Crippen LogP contribution in [0.5, 0.6) is 0 Å². The minimum atomic E-state index is -0.541. The summed E-state index contributed by atoms with van der Waals surface area (Å²) in [4.78, 5) is 30.8. The predicted octanol–water partition coefficient (Wildman–Crippen LogP) is 2.33. The summed E-state index contributed by atoms with van der Waals surface area (Å²) in [6.45, 7) is 1.73. The zero-order valence-electron chi connectivity index (χ0n) is 11.3. The van der Waals surface area contributed by atoms with Crippen LogP contribution >= 0.6 is 0 Å². The van der Waals surface area contributed by atoms with Gasteiger partial charge in [0.2, 0.25) is 0 Å². The first kappa shape index (κ1) is 12.8. The highest BCUT2D eigenvalue weighted by Crippen LogP contribution is 2.29. The van der Waals surface area contributed by atoms with E-state index in [0.717, 1.165) is 19.3 Å². The molecule has 1 N–H and O–H groups in total. The van der Waals surface area contributed by atoms with Gasteiger partial charge in [-0.15, -0.1) is 0 Å². The zero-order valence-corrected chi connectivity index (χ0v) is 11.3. The topological polar surface area (TPSA) is 72.0 Å². The average molecular weight is 272 g/mol. The van der Waals surface area contributed by atoms with Gasteiger partial charge in [-0.25, -0.2) is 4.98 Å². The fraction of sp³-hybridized carbons (Fsp3) is 0.400. The van der Waals surface area contributed by atoms with Crippen LogP contribution < -0.4 is 5.56 Å². The fourth-order valence-corrected chi connectivity index (χ4v) is 2.27. The second-order valence-electron chi connectivity index (χ2n) is 5.18. The number of H-pyrrole nitrogens is 1. The van der Waals surface area contributed by atoms with Crippen molar-refractivity contribution in [1.82, 2.24) is 9.97 Å². The maximum Gasteiger partial charge on any atom is 0.309 e. The largest absolute Gasteiger partial charge is 0.454 e. The van der Waals surface area contributed by atoms with Gasteiger partial charge in [0.25, 0.3) is 5.56 Å². The van der Waals surface area contributed by atoms with Crippen molar-refractivity contribution in [3.63, 3.8) is 0 Å². The monoisotopic (exact) mass is 272 g/mol. The van der Waals surface area contributed by atoms with Crippen LogP contribution in [0.3, 0.4) is 0 Å². The number of aromatic nitrogens is 2. The zero-order chi connectivity index (χ0) is 14.1. The summed E-state index contributed by atoms with van der Waals surface area (Å²) in [7, 11) is 0. The SMILES string of the molecule is CC(OC(=O)C1CCC1)c1nc2ccccc2c(=O)[nH]1. The minimum absolute atomic E-state index is 0.0182. The van der Waals surface area contributed by atoms with Crippen molar-refractivity contribution in [2.24, 2.45) is 5.92 Å². The standard InChI is InChI=1S/C15H16N2O3/c1-9(20-15(19)10-5-4-6-10)13-16-12-8-3-2-7-11(12)14(18)17-13/h2-3,7-10H,4-6H2,1H3,(H,16,17,18). The van der Waals surface area contributed by atoms with Gasteiger partial charge in [0, 0.05) is 0 Å². The van der Waals surface area contributed by atoms with E-state index >= 15 is 0 Å². The molecule has 0 bridgehead atoms. The van der Waals surface area contributed by atoms with Crippen LogP contribution in [0, 0.1) is 5.92 Å². The van der Waals surface area contributed by atoms with Gasteiger partial charge in [-0.1, -0.05) is 18.6 Å². The van der Waals surface area contributed by atoms with Crippen LogP contribution in [0.15, 0.2) is 29.1 Å². The number of hydrogen-bond acceptors (Lipinski definition) is 4. The Balaban J connectivity index is 1.85. The Hall–Kier alpha value is -2.17. The molecule has 2 aromatic rings. The summed E-state index contributed by atoms with van der Waals surface area (Å²) in [5.74, 6) is 0.213. The molecule has 1 fully saturated rings. The summed E-state index contributed by atoms with van der Waals surface area (Å²) in [5.41, 5.74) is 0.398. The van der Waals surface area contributed by atoms with Gasteiger partial charge in [-0.3, -0.25) is 9.59 Å². The molecule has 104 valence electrons. The smallest absolute Gasteiger partial charge is 0.309 e. The maximum atomic E-state index is 12.0. The third-order valence-corrected chi connectivity index (χ3v) is 3.75. The molecule has 1 atom stereocenters. The molecule has 0 spiro atoms. The molecule has 5 nitrogen and oxygen atoms in total. The molecule has 0 amide bonds. The van der Waals surface area contributed by atoms with Crippen LogP contribution in [-0.2, 0) is 9.53 Å². The van der Waals surface area contributed by atoms with Gasteiger partial charge < -0.3 is 9.72 Å². The first-order valence-electron chi connectivity index (χ1n) is 6.84. The predicted molar refractivity (Wildman–Crippen MR) is 74.2 cm³/mol. The molecule has 1 aliphatic rings. The van der Waals surface area contributed by atoms with E-state index in [4.69, 9.17) is 4.74 Å². The Labute approximate surface area is 116 Å². The number of carbonyl (C=O) groups is 1. The number of fused-ring (bicyclic) bond motifs is 1. The number of rotatable bonds is 3. The van der Waals surface area contributed by atoms with Crippen LogP contribution in [0.25, 0.3) is 10.9 Å². The highest BCUT2D eigenvalue weighted by Gasteiger charge is 2.28. The molecule has 0 radical (unpaired) electrons. The molecule has 1 unspecified atom stereocenters. The molecular formula is C15H16N2O3. The first-order chi connectivity index (χ1) is 9.65. The summed E-state index contributed by atoms with van der Waals surface area (Å²) in [6, 6.07) is 7.10. The molecule has 0 saturated heterocycles. The number of nitrogens with zero attached hydrogens (tertiary/aromatic N) is 1. The van der Waals surface area contributed by atoms with Gasteiger partial charge in [0.05, 0.1) is 16.8 Å². The fourth-order valence-electron chi connectivity index (χ4n) is 2.27. The molecule has 1 saturated carbocycles. The first-order valence-corrected chi connectivity index (χ1v) is 6.84. The lowest BCUT2D eigenvalue weighted by atomic mass is 9.86. The van der Waals surface area contributed by atoms with Gasteiger partial charge in [-0.2, -0.15) is 0 Å². The number of para-hydroxylation sites is 1. The van der Waals surface area contributed by atoms with Gasteiger partial charge in [0.15, 0.2) is 11.9 Å². The minimum Gasteiger partial charge on any atom is -0.454 e. The lowest BCUT2D eigenvalue weighted by molar-refractivity contribution is -0.156. The Morgan fingerprint density at radius 3 is 2.85 bits per heavy atom. The van der Waals surface area contributed by atoms with E-state index in [2.05, 4.69) is 9.97 Å². The summed E-state index contributed by atoms with van der Waals surface area (Å²) in [5, 5.41) is 0.536. The van der Waals surface area contributed by atoms with E-state index in [-0.39, 0.29) is 17.4 Å². The van der Waals surface area contributed by atoms with Crippen LogP contribution in [0.2, 0.25) is 0 Å². The van der Waals surface area contributed by atoms with Gasteiger partial charge in [0.1, 0.15) is 0 Å². The quantitative estimate of drug-likeness (QED) is 0.870. The summed E-state index contributed by atoms with van der Waals surface area (Å²) in [6.07, 6.45) is 2.33. The van der Waals surface area contributed by atoms with E-state index < -0.39 is 6.10 Å². The maximum absolute atomic E-state index is 12.0. The Morgan fingerprint density at radius 1 is 1.40 bits per heavy atom. The number of benzene rings is 1. The van der Waals surface area contributed by atoms with Crippen molar-refractivity contribution in [3.05, 3.63) is 40.4 Å². The lowest BCUT2D eigenvalue weighted by Gasteiger charge is -2.24. The van der Waals surface area contributed by atoms with E-state index in [1.54, 1.807) is 25.1 Å². The van der Waals surface area contributed by atoms with Crippen LogP contribution in [0.4, 0.5) is 0 Å². The van der Waals surface area contributed by atoms with Crippen molar-refractivity contribution >= 4 is 16.9 Å². The van der Waals surface area contributed by atoms with Crippen LogP contribution in [0.1, 0.15) is 38.1 Å². The number of ether oxygens (including phenoxy) is 1. The number of carbonyl (C=O) groups excluding carboxylic acids is 1. The third kappa shape index (κ3) is 2.31. The number of esters is 1. The summed E-state index contributed by atoms with van der Waals surface area (Å²) >= 11 is 0. The Bertz CT molecular complexity index is 704. The molecule has 1 aromatic carbocycles. The van der Waals surface area contributed by atoms with Crippen molar-refractivity contribution < 1.29 is 9.53 Å². The van der Waals surface area contributed by atoms with E-state index in [9.17, 15) is 9.59 Å². The molecular weight excluding hydrogens is 256 g/mol. The Morgan fingerprint density at radius 2 is 2.15 bits per heavy atom. The van der Waals surface area contributed by atoms with Crippen molar-refractivity contribution in [1.29, 1.82) is 0 Å². The molecule has 5 heteroatoms. The summed E-state index contributed by atoms with van der Waals surface area (Å²) < 4.78 is 5.37. The number of nitrogens with one attached hydrogen (secondary N) is 1. The molecule has 1 heterocycles. The van der Waals surface area contributed by atoms with Crippen molar-refractivity contribution in [3.8, 4) is 0 Å². The number of aromatic amines is 1. The highest BCUT2D eigenvalue weighted by atomic mass is 16.5. The number of hydrogen-bond donors (Lipinski definition) is 1. The van der Waals surface area contributed by atoms with E-state index in [1.807, 2.05) is 6.07 Å². The normalized spacial score (nSPS) is 16.6. The third-order valence-electron chi connectivity index (χ3n) is 3.75. The molecule has 1 aromatic heterocycles. The van der Waals surface area contributed by atoms with E-state index in [0.29, 0.717) is 16.7 Å². The molecule has 20 heavy (non-hydrogen) atoms. The lowest BCUT2D eigenvalue weighted by Crippen LogP contribution is -2.26. The second kappa shape index (κ2) is 5.07. The van der Waals surface area contributed by atoms with Crippen molar-refractivity contribution in [2.75, 3.05) is 0 Å². The molecule has 1 aliphatic carbocycles. The Kier molecular flexibility index (Phi) is 3.26. The van der Waals surface area contributed by atoms with Gasteiger partial charge in [-0.05, 0) is 31.9 Å². The van der Waals surface area contributed by atoms with Gasteiger partial charge >= 0.3 is 5.97 Å². The van der Waals surface area contributed by atoms with Crippen LogP contribution in [-0.4, -0.2) is 15.9 Å². The highest BCUT2D eigenvalue weighted by molar-refractivity contribution is 5.77. The molecule has 0 aliphatic heterocycles. The second-order valence-corrected chi connectivity index (χ2v) is 5.18. The molecule has 3 rings (SSSR count). The van der Waals surface area contributed by atoms with Crippen molar-refractivity contribution in [2.45, 2.75) is 32.3 Å². The van der Waals surface area contributed by atoms with E-state index in [1.165, 1.54) is 0 Å².